The Bertz CT molecular complexity index is 268. The van der Waals surface area contributed by atoms with Crippen LogP contribution in [-0.4, -0.2) is 27.0 Å². The fourth-order valence-electron chi connectivity index (χ4n) is 1.53. The normalized spacial score (nSPS) is 27.8. The summed E-state index contributed by atoms with van der Waals surface area (Å²) in [6.07, 6.45) is 0.876. The lowest BCUT2D eigenvalue weighted by Crippen LogP contribution is -2.48. The molecular weight excluding hydrogens is 220 g/mol. The summed E-state index contributed by atoms with van der Waals surface area (Å²) in [6, 6.07) is 0. The van der Waals surface area contributed by atoms with Crippen LogP contribution >= 0.6 is 0 Å². The third-order valence-corrected chi connectivity index (χ3v) is 8.33. The van der Waals surface area contributed by atoms with Gasteiger partial charge in [0.15, 0.2) is 8.32 Å². The summed E-state index contributed by atoms with van der Waals surface area (Å²) in [6.45, 7) is 13.5. The lowest BCUT2D eigenvalue weighted by atomic mass is 10.0. The quantitative estimate of drug-likeness (QED) is 0.553. The highest BCUT2D eigenvalue weighted by Crippen LogP contribution is 2.39. The van der Waals surface area contributed by atoms with Crippen molar-refractivity contribution in [2.24, 2.45) is 5.92 Å². The molecule has 0 bridgehead atoms. The van der Waals surface area contributed by atoms with E-state index < -0.39 is 8.32 Å². The highest BCUT2D eigenvalue weighted by atomic mass is 28.4. The maximum Gasteiger partial charge on any atom is 0.311 e. The monoisotopic (exact) mass is 244 g/mol. The molecule has 0 spiro atoms. The minimum absolute atomic E-state index is 0.0436. The van der Waals surface area contributed by atoms with E-state index in [-0.39, 0.29) is 23.0 Å². The van der Waals surface area contributed by atoms with E-state index in [1.165, 1.54) is 0 Å². The maximum absolute atomic E-state index is 11.5. The standard InChI is InChI=1S/C12H24O3Si/c1-9-10(7-8-14-11(9)13)15-16(5,6)12(2,3)4/h9-10H,7-8H2,1-6H3. The third-order valence-electron chi connectivity index (χ3n) is 3.83. The first-order valence-corrected chi connectivity index (χ1v) is 8.90. The van der Waals surface area contributed by atoms with Crippen LogP contribution in [0.2, 0.25) is 18.1 Å². The smallest absolute Gasteiger partial charge is 0.311 e. The minimum atomic E-state index is -1.77. The van der Waals surface area contributed by atoms with Gasteiger partial charge in [-0.05, 0) is 25.1 Å². The second-order valence-electron chi connectivity index (χ2n) is 6.16. The molecule has 0 radical (unpaired) electrons. The van der Waals surface area contributed by atoms with Crippen molar-refractivity contribution < 1.29 is 14.0 Å². The zero-order chi connectivity index (χ0) is 12.6. The van der Waals surface area contributed by atoms with Crippen molar-refractivity contribution >= 4 is 14.3 Å². The Hall–Kier alpha value is -0.353. The van der Waals surface area contributed by atoms with E-state index in [1.54, 1.807) is 0 Å². The summed E-state index contributed by atoms with van der Waals surface area (Å²) in [5.74, 6) is -0.238. The van der Waals surface area contributed by atoms with Gasteiger partial charge in [-0.25, -0.2) is 0 Å². The average molecular weight is 244 g/mol. The van der Waals surface area contributed by atoms with E-state index in [0.29, 0.717) is 6.61 Å². The molecule has 0 aromatic heterocycles. The number of rotatable bonds is 2. The first-order valence-electron chi connectivity index (χ1n) is 5.99. The summed E-state index contributed by atoms with van der Waals surface area (Å²) >= 11 is 0. The number of carbonyl (C=O) groups is 1. The lowest BCUT2D eigenvalue weighted by Gasteiger charge is -2.41. The first kappa shape index (κ1) is 13.7. The third kappa shape index (κ3) is 2.86. The van der Waals surface area contributed by atoms with Gasteiger partial charge in [-0.1, -0.05) is 20.8 Å². The fourth-order valence-corrected chi connectivity index (χ4v) is 2.96. The summed E-state index contributed by atoms with van der Waals surface area (Å²) in [5, 5.41) is 0.189. The Kier molecular flexibility index (Phi) is 3.85. The van der Waals surface area contributed by atoms with Crippen LogP contribution in [0, 0.1) is 5.92 Å². The van der Waals surface area contributed by atoms with Crippen molar-refractivity contribution in [2.75, 3.05) is 6.61 Å². The van der Waals surface area contributed by atoms with Gasteiger partial charge >= 0.3 is 5.97 Å². The number of ether oxygens (including phenoxy) is 1. The largest absolute Gasteiger partial charge is 0.465 e. The molecule has 94 valence electrons. The Balaban J connectivity index is 2.70. The fraction of sp³-hybridized carbons (Fsp3) is 0.917. The highest BCUT2D eigenvalue weighted by Gasteiger charge is 2.42. The van der Waals surface area contributed by atoms with Crippen LogP contribution in [0.4, 0.5) is 0 Å². The zero-order valence-electron chi connectivity index (χ0n) is 11.3. The van der Waals surface area contributed by atoms with Crippen molar-refractivity contribution in [1.29, 1.82) is 0 Å². The van der Waals surface area contributed by atoms with Crippen molar-refractivity contribution in [2.45, 2.75) is 58.4 Å². The summed E-state index contributed by atoms with van der Waals surface area (Å²) in [7, 11) is -1.77. The number of carbonyl (C=O) groups excluding carboxylic acids is 1. The molecule has 4 heteroatoms. The van der Waals surface area contributed by atoms with Crippen LogP contribution < -0.4 is 0 Å². The first-order chi connectivity index (χ1) is 7.15. The van der Waals surface area contributed by atoms with Gasteiger partial charge in [-0.15, -0.1) is 0 Å². The Morgan fingerprint density at radius 1 is 1.38 bits per heavy atom. The van der Waals surface area contributed by atoms with Crippen LogP contribution in [-0.2, 0) is 14.0 Å². The molecule has 3 nitrogen and oxygen atoms in total. The van der Waals surface area contributed by atoms with E-state index in [2.05, 4.69) is 33.9 Å². The van der Waals surface area contributed by atoms with E-state index >= 15 is 0 Å². The van der Waals surface area contributed by atoms with Gasteiger partial charge in [0.2, 0.25) is 0 Å². The molecule has 0 saturated carbocycles. The summed E-state index contributed by atoms with van der Waals surface area (Å²) < 4.78 is 11.3. The molecule has 1 rings (SSSR count). The zero-order valence-corrected chi connectivity index (χ0v) is 12.3. The molecule has 1 fully saturated rings. The minimum Gasteiger partial charge on any atom is -0.465 e. The molecule has 0 aromatic rings. The molecule has 2 atom stereocenters. The maximum atomic E-state index is 11.5. The molecule has 1 aliphatic rings. The van der Waals surface area contributed by atoms with E-state index in [0.717, 1.165) is 6.42 Å². The SMILES string of the molecule is CC1C(=O)OCCC1O[Si](C)(C)C(C)(C)C. The van der Waals surface area contributed by atoms with E-state index in [1.807, 2.05) is 6.92 Å². The van der Waals surface area contributed by atoms with Gasteiger partial charge in [-0.3, -0.25) is 4.79 Å². The van der Waals surface area contributed by atoms with Gasteiger partial charge in [-0.2, -0.15) is 0 Å². The molecule has 0 amide bonds. The second kappa shape index (κ2) is 4.49. The van der Waals surface area contributed by atoms with Crippen LogP contribution in [0.5, 0.6) is 0 Å². The number of hydrogen-bond donors (Lipinski definition) is 0. The molecule has 1 heterocycles. The molecule has 1 aliphatic heterocycles. The molecule has 0 N–H and O–H groups in total. The molecule has 0 aliphatic carbocycles. The van der Waals surface area contributed by atoms with Crippen molar-refractivity contribution in [3.8, 4) is 0 Å². The predicted molar refractivity (Wildman–Crippen MR) is 66.8 cm³/mol. The highest BCUT2D eigenvalue weighted by molar-refractivity contribution is 6.74. The van der Waals surface area contributed by atoms with Gasteiger partial charge in [0.25, 0.3) is 0 Å². The van der Waals surface area contributed by atoms with Gasteiger partial charge in [0, 0.05) is 6.42 Å². The number of esters is 1. The predicted octanol–water partition coefficient (Wildman–Crippen LogP) is 2.96. The molecule has 16 heavy (non-hydrogen) atoms. The summed E-state index contributed by atoms with van der Waals surface area (Å²) in [5.41, 5.74) is 0. The molecule has 1 saturated heterocycles. The van der Waals surface area contributed by atoms with Crippen LogP contribution in [0.15, 0.2) is 0 Å². The van der Waals surface area contributed by atoms with Crippen LogP contribution in [0.1, 0.15) is 34.1 Å². The van der Waals surface area contributed by atoms with E-state index in [9.17, 15) is 4.79 Å². The topological polar surface area (TPSA) is 35.5 Å². The Labute approximate surface area is 99.6 Å². The van der Waals surface area contributed by atoms with Gasteiger partial charge in [0.1, 0.15) is 0 Å². The number of hydrogen-bond acceptors (Lipinski definition) is 3. The second-order valence-corrected chi connectivity index (χ2v) is 10.9. The van der Waals surface area contributed by atoms with Crippen molar-refractivity contribution in [3.63, 3.8) is 0 Å². The molecule has 2 unspecified atom stereocenters. The van der Waals surface area contributed by atoms with Crippen molar-refractivity contribution in [3.05, 3.63) is 0 Å². The number of cyclic esters (lactones) is 1. The Morgan fingerprint density at radius 2 is 1.94 bits per heavy atom. The van der Waals surface area contributed by atoms with Crippen LogP contribution in [0.3, 0.4) is 0 Å². The lowest BCUT2D eigenvalue weighted by molar-refractivity contribution is -0.158. The van der Waals surface area contributed by atoms with Crippen LogP contribution in [0.25, 0.3) is 0 Å². The van der Waals surface area contributed by atoms with Gasteiger partial charge < -0.3 is 9.16 Å². The Morgan fingerprint density at radius 3 is 2.44 bits per heavy atom. The van der Waals surface area contributed by atoms with Crippen molar-refractivity contribution in [1.82, 2.24) is 0 Å². The van der Waals surface area contributed by atoms with E-state index in [4.69, 9.17) is 9.16 Å². The average Bonchev–Trinajstić information content (AvgIpc) is 2.11. The summed E-state index contributed by atoms with van der Waals surface area (Å²) in [4.78, 5) is 11.5. The van der Waals surface area contributed by atoms with Gasteiger partial charge in [0.05, 0.1) is 18.6 Å². The molecule has 0 aromatic carbocycles. The molecular formula is C12H24O3Si.